The van der Waals surface area contributed by atoms with E-state index in [1.165, 1.54) is 36.7 Å². The highest BCUT2D eigenvalue weighted by molar-refractivity contribution is 7.10. The molecule has 0 aliphatic heterocycles. The molecule has 1 amide bonds. The third kappa shape index (κ3) is 4.13. The van der Waals surface area contributed by atoms with Crippen LogP contribution in [0.15, 0.2) is 47.8 Å². The lowest BCUT2D eigenvalue weighted by molar-refractivity contribution is 0.102. The van der Waals surface area contributed by atoms with Gasteiger partial charge >= 0.3 is 0 Å². The number of tetrazole rings is 1. The maximum absolute atomic E-state index is 14.9. The highest BCUT2D eigenvalue weighted by Gasteiger charge is 2.21. The predicted octanol–water partition coefficient (Wildman–Crippen LogP) is 4.38. The molecule has 158 valence electrons. The van der Waals surface area contributed by atoms with Crippen molar-refractivity contribution in [1.82, 2.24) is 25.6 Å². The van der Waals surface area contributed by atoms with Gasteiger partial charge in [-0.15, -0.1) is 21.5 Å². The van der Waals surface area contributed by atoms with E-state index in [-0.39, 0.29) is 11.3 Å². The van der Waals surface area contributed by atoms with Crippen LogP contribution in [0, 0.1) is 17.7 Å². The van der Waals surface area contributed by atoms with Gasteiger partial charge in [-0.3, -0.25) is 4.79 Å². The van der Waals surface area contributed by atoms with Crippen molar-refractivity contribution in [3.8, 4) is 23.2 Å². The molecular formula is C23H17FN6OS. The minimum Gasteiger partial charge on any atom is -0.319 e. The first kappa shape index (κ1) is 20.0. The van der Waals surface area contributed by atoms with Crippen molar-refractivity contribution in [2.75, 3.05) is 5.32 Å². The Labute approximate surface area is 187 Å². The second-order valence-corrected chi connectivity index (χ2v) is 8.25. The van der Waals surface area contributed by atoms with Gasteiger partial charge in [0.25, 0.3) is 5.91 Å². The first-order chi connectivity index (χ1) is 15.7. The van der Waals surface area contributed by atoms with Crippen LogP contribution >= 0.6 is 11.3 Å². The largest absolute Gasteiger partial charge is 0.319 e. The molecule has 0 atom stereocenters. The van der Waals surface area contributed by atoms with Gasteiger partial charge < -0.3 is 5.32 Å². The number of nitrogens with one attached hydrogen (secondary N) is 2. The zero-order valence-corrected chi connectivity index (χ0v) is 17.6. The fourth-order valence-electron chi connectivity index (χ4n) is 3.33. The van der Waals surface area contributed by atoms with Crippen molar-refractivity contribution in [2.45, 2.75) is 25.2 Å². The zero-order chi connectivity index (χ0) is 21.9. The smallest absolute Gasteiger partial charge is 0.255 e. The average Bonchev–Trinajstić information content (AvgIpc) is 3.46. The van der Waals surface area contributed by atoms with Gasteiger partial charge in [0.15, 0.2) is 10.8 Å². The van der Waals surface area contributed by atoms with Crippen molar-refractivity contribution in [3.05, 3.63) is 75.5 Å². The highest BCUT2D eigenvalue weighted by atomic mass is 32.1. The number of thiazole rings is 1. The molecular weight excluding hydrogens is 427 g/mol. The van der Waals surface area contributed by atoms with E-state index in [4.69, 9.17) is 0 Å². The number of anilines is 1. The van der Waals surface area contributed by atoms with Crippen LogP contribution in [0.2, 0.25) is 0 Å². The van der Waals surface area contributed by atoms with Gasteiger partial charge in [0, 0.05) is 22.4 Å². The number of rotatable bonds is 4. The molecule has 0 bridgehead atoms. The van der Waals surface area contributed by atoms with Crippen molar-refractivity contribution >= 4 is 22.9 Å². The Kier molecular flexibility index (Phi) is 5.44. The highest BCUT2D eigenvalue weighted by Crippen LogP contribution is 2.36. The summed E-state index contributed by atoms with van der Waals surface area (Å²) in [5.41, 5.74) is 2.44. The van der Waals surface area contributed by atoms with E-state index in [0.29, 0.717) is 27.9 Å². The number of amides is 1. The Balaban J connectivity index is 1.30. The van der Waals surface area contributed by atoms with E-state index in [0.717, 1.165) is 5.69 Å². The molecule has 9 heteroatoms. The van der Waals surface area contributed by atoms with E-state index in [1.807, 2.05) is 5.38 Å². The number of nitrogens with zero attached hydrogens (tertiary/aromatic N) is 4. The summed E-state index contributed by atoms with van der Waals surface area (Å²) in [6.45, 7) is 0. The molecule has 0 spiro atoms. The number of aromatic nitrogens is 5. The van der Waals surface area contributed by atoms with Gasteiger partial charge in [0.2, 0.25) is 5.82 Å². The predicted molar refractivity (Wildman–Crippen MR) is 119 cm³/mol. The molecule has 2 aromatic carbocycles. The van der Waals surface area contributed by atoms with Gasteiger partial charge in [-0.2, -0.15) is 5.21 Å². The normalized spacial score (nSPS) is 13.2. The summed E-state index contributed by atoms with van der Waals surface area (Å²) in [7, 11) is 0. The van der Waals surface area contributed by atoms with Crippen molar-refractivity contribution in [1.29, 1.82) is 0 Å². The number of H-pyrrole nitrogens is 1. The second-order valence-electron chi connectivity index (χ2n) is 7.39. The zero-order valence-electron chi connectivity index (χ0n) is 16.8. The number of benzene rings is 2. The summed E-state index contributed by atoms with van der Waals surface area (Å²) in [5, 5.41) is 19.0. The van der Waals surface area contributed by atoms with Crippen LogP contribution in [0.25, 0.3) is 11.4 Å². The van der Waals surface area contributed by atoms with Gasteiger partial charge in [-0.25, -0.2) is 9.37 Å². The summed E-state index contributed by atoms with van der Waals surface area (Å²) in [6.07, 6.45) is 3.59. The average molecular weight is 444 g/mol. The van der Waals surface area contributed by atoms with E-state index >= 15 is 0 Å². The molecule has 1 saturated carbocycles. The number of hydrogen-bond acceptors (Lipinski definition) is 6. The fourth-order valence-corrected chi connectivity index (χ4v) is 4.08. The molecule has 1 fully saturated rings. The fraction of sp³-hybridized carbons (Fsp3) is 0.174. The van der Waals surface area contributed by atoms with E-state index in [1.54, 1.807) is 36.4 Å². The van der Waals surface area contributed by atoms with Crippen LogP contribution in [0.1, 0.15) is 51.8 Å². The monoisotopic (exact) mass is 444 g/mol. The van der Waals surface area contributed by atoms with E-state index < -0.39 is 11.7 Å². The molecule has 1 aliphatic carbocycles. The van der Waals surface area contributed by atoms with Crippen LogP contribution in [-0.4, -0.2) is 31.5 Å². The quantitative estimate of drug-likeness (QED) is 0.455. The molecule has 4 aromatic rings. The molecule has 7 nitrogen and oxygen atoms in total. The molecule has 2 heterocycles. The Morgan fingerprint density at radius 3 is 2.72 bits per heavy atom. The summed E-state index contributed by atoms with van der Waals surface area (Å²) in [4.78, 5) is 17.1. The number of halogens is 1. The lowest BCUT2D eigenvalue weighted by Gasteiger charge is -2.22. The van der Waals surface area contributed by atoms with Crippen LogP contribution < -0.4 is 5.32 Å². The van der Waals surface area contributed by atoms with Gasteiger partial charge in [-0.1, -0.05) is 30.5 Å². The van der Waals surface area contributed by atoms with Crippen molar-refractivity contribution < 1.29 is 9.18 Å². The molecule has 0 saturated heterocycles. The Bertz CT molecular complexity index is 1320. The maximum atomic E-state index is 14.9. The number of carbonyl (C=O) groups is 1. The van der Waals surface area contributed by atoms with Crippen LogP contribution in [-0.2, 0) is 0 Å². The third-order valence-corrected chi connectivity index (χ3v) is 6.12. The standard InChI is InChI=1S/C23H17FN6OS/c24-21-15(11-12-20-25-19(13-32-20)14-3-1-4-14)5-2-6-18(21)26-23(31)17-9-7-16(8-10-17)22-27-29-30-28-22/h2,5-10,13-14H,1,3-4H2,(H,26,31)(H,27,28,29,30). The first-order valence-corrected chi connectivity index (χ1v) is 11.0. The van der Waals surface area contributed by atoms with Crippen molar-refractivity contribution in [3.63, 3.8) is 0 Å². The van der Waals surface area contributed by atoms with Crippen LogP contribution in [0.3, 0.4) is 0 Å². The van der Waals surface area contributed by atoms with Crippen LogP contribution in [0.5, 0.6) is 0 Å². The Hall–Kier alpha value is -3.90. The summed E-state index contributed by atoms with van der Waals surface area (Å²) in [5.74, 6) is 5.74. The van der Waals surface area contributed by atoms with E-state index in [2.05, 4.69) is 42.8 Å². The molecule has 2 aromatic heterocycles. The molecule has 0 unspecified atom stereocenters. The third-order valence-electron chi connectivity index (χ3n) is 5.35. The Morgan fingerprint density at radius 1 is 1.16 bits per heavy atom. The summed E-state index contributed by atoms with van der Waals surface area (Å²) < 4.78 is 14.9. The lowest BCUT2D eigenvalue weighted by atomic mass is 9.83. The summed E-state index contributed by atoms with van der Waals surface area (Å²) >= 11 is 1.47. The van der Waals surface area contributed by atoms with Crippen LogP contribution in [0.4, 0.5) is 10.1 Å². The lowest BCUT2D eigenvalue weighted by Crippen LogP contribution is -2.13. The number of carbonyl (C=O) groups excluding carboxylic acids is 1. The molecule has 32 heavy (non-hydrogen) atoms. The van der Waals surface area contributed by atoms with E-state index in [9.17, 15) is 9.18 Å². The SMILES string of the molecule is O=C(Nc1cccc(C#Cc2nc(C3CCC3)cs2)c1F)c1ccc(-c2nn[nH]n2)cc1. The molecule has 2 N–H and O–H groups in total. The minimum atomic E-state index is -0.576. The molecule has 1 aliphatic rings. The topological polar surface area (TPSA) is 96.5 Å². The maximum Gasteiger partial charge on any atom is 0.255 e. The molecule has 0 radical (unpaired) electrons. The number of hydrogen-bond donors (Lipinski definition) is 2. The number of aromatic amines is 1. The minimum absolute atomic E-state index is 0.0679. The molecule has 5 rings (SSSR count). The summed E-state index contributed by atoms with van der Waals surface area (Å²) in [6, 6.07) is 11.4. The van der Waals surface area contributed by atoms with Gasteiger partial charge in [0.1, 0.15) is 0 Å². The second kappa shape index (κ2) is 8.69. The van der Waals surface area contributed by atoms with Gasteiger partial charge in [-0.05, 0) is 48.2 Å². The Morgan fingerprint density at radius 2 is 2.00 bits per heavy atom. The van der Waals surface area contributed by atoms with Crippen molar-refractivity contribution in [2.24, 2.45) is 0 Å². The van der Waals surface area contributed by atoms with Gasteiger partial charge in [0.05, 0.1) is 16.9 Å². The first-order valence-electron chi connectivity index (χ1n) is 10.1.